The Labute approximate surface area is 181 Å². The van der Waals surface area contributed by atoms with Crippen molar-refractivity contribution in [3.8, 4) is 5.75 Å². The van der Waals surface area contributed by atoms with Crippen molar-refractivity contribution in [3.63, 3.8) is 0 Å². The number of ether oxygens (including phenoxy) is 2. The molecule has 2 amide bonds. The van der Waals surface area contributed by atoms with Crippen molar-refractivity contribution in [1.29, 1.82) is 0 Å². The molecular weight excluding hydrogens is 404 g/mol. The third kappa shape index (κ3) is 4.60. The molecule has 0 unspecified atom stereocenters. The zero-order valence-electron chi connectivity index (χ0n) is 17.5. The summed E-state index contributed by atoms with van der Waals surface area (Å²) in [5, 5.41) is 3.47. The van der Waals surface area contributed by atoms with Gasteiger partial charge < -0.3 is 14.8 Å². The topological polar surface area (TPSA) is 67.9 Å². The summed E-state index contributed by atoms with van der Waals surface area (Å²) >= 11 is 6.03. The van der Waals surface area contributed by atoms with Crippen LogP contribution in [-0.2, 0) is 9.53 Å². The molecule has 0 fully saturated rings. The normalized spacial score (nSPS) is 16.4. The molecule has 7 heteroatoms. The van der Waals surface area contributed by atoms with E-state index in [1.807, 2.05) is 32.0 Å². The quantitative estimate of drug-likeness (QED) is 0.685. The number of aryl methyl sites for hydroxylation is 2. The maximum atomic E-state index is 13.0. The Morgan fingerprint density at radius 2 is 1.97 bits per heavy atom. The molecule has 2 aromatic carbocycles. The molecule has 158 valence electrons. The first-order valence-electron chi connectivity index (χ1n) is 9.71. The van der Waals surface area contributed by atoms with Gasteiger partial charge in [-0.05, 0) is 50.1 Å². The van der Waals surface area contributed by atoms with Crippen LogP contribution in [0.5, 0.6) is 5.75 Å². The van der Waals surface area contributed by atoms with Gasteiger partial charge in [0.05, 0.1) is 23.9 Å². The van der Waals surface area contributed by atoms with Gasteiger partial charge in [0.25, 0.3) is 0 Å². The van der Waals surface area contributed by atoms with E-state index in [0.717, 1.165) is 16.7 Å². The minimum atomic E-state index is -0.634. The summed E-state index contributed by atoms with van der Waals surface area (Å²) in [7, 11) is 1.60. The smallest absolute Gasteiger partial charge is 0.338 e. The minimum Gasteiger partial charge on any atom is -0.487 e. The Kier molecular flexibility index (Phi) is 6.67. The van der Waals surface area contributed by atoms with Crippen molar-refractivity contribution in [2.45, 2.75) is 26.8 Å². The minimum absolute atomic E-state index is 0.0137. The SMILES string of the molecule is CCOC(=O)C1=C(COc2cccc(Cl)c2)N(C)C(=O)N[C@H]1c1cc(C)ccc1C. The maximum Gasteiger partial charge on any atom is 0.338 e. The van der Waals surface area contributed by atoms with E-state index < -0.39 is 12.0 Å². The highest BCUT2D eigenvalue weighted by atomic mass is 35.5. The summed E-state index contributed by atoms with van der Waals surface area (Å²) in [6.45, 7) is 5.90. The van der Waals surface area contributed by atoms with Crippen molar-refractivity contribution in [2.24, 2.45) is 0 Å². The van der Waals surface area contributed by atoms with Crippen LogP contribution in [0.3, 0.4) is 0 Å². The molecule has 0 saturated heterocycles. The number of amides is 2. The zero-order chi connectivity index (χ0) is 21.8. The van der Waals surface area contributed by atoms with Crippen LogP contribution in [0.4, 0.5) is 4.79 Å². The van der Waals surface area contributed by atoms with Gasteiger partial charge in [-0.3, -0.25) is 4.90 Å². The first kappa shape index (κ1) is 21.7. The summed E-state index contributed by atoms with van der Waals surface area (Å²) in [6.07, 6.45) is 0. The lowest BCUT2D eigenvalue weighted by atomic mass is 9.90. The highest BCUT2D eigenvalue weighted by molar-refractivity contribution is 6.30. The van der Waals surface area contributed by atoms with Gasteiger partial charge in [-0.1, -0.05) is 41.4 Å². The second-order valence-corrected chi connectivity index (χ2v) is 7.56. The van der Waals surface area contributed by atoms with E-state index in [9.17, 15) is 9.59 Å². The van der Waals surface area contributed by atoms with Crippen LogP contribution in [0.15, 0.2) is 53.7 Å². The molecule has 0 aliphatic carbocycles. The molecular formula is C23H25ClN2O4. The van der Waals surface area contributed by atoms with E-state index in [1.54, 1.807) is 38.2 Å². The number of hydrogen-bond acceptors (Lipinski definition) is 4. The molecule has 1 heterocycles. The fourth-order valence-electron chi connectivity index (χ4n) is 3.39. The molecule has 0 bridgehead atoms. The summed E-state index contributed by atoms with van der Waals surface area (Å²) in [5.41, 5.74) is 3.65. The molecule has 30 heavy (non-hydrogen) atoms. The van der Waals surface area contributed by atoms with Crippen LogP contribution < -0.4 is 10.1 Å². The van der Waals surface area contributed by atoms with Crippen molar-refractivity contribution in [3.05, 3.63) is 75.4 Å². The predicted molar refractivity (Wildman–Crippen MR) is 116 cm³/mol. The van der Waals surface area contributed by atoms with Crippen molar-refractivity contribution < 1.29 is 19.1 Å². The number of halogens is 1. The van der Waals surface area contributed by atoms with Crippen LogP contribution in [0.25, 0.3) is 0 Å². The highest BCUT2D eigenvalue weighted by Gasteiger charge is 2.37. The molecule has 1 atom stereocenters. The second kappa shape index (κ2) is 9.22. The molecule has 6 nitrogen and oxygen atoms in total. The lowest BCUT2D eigenvalue weighted by molar-refractivity contribution is -0.139. The van der Waals surface area contributed by atoms with Crippen molar-refractivity contribution in [1.82, 2.24) is 10.2 Å². The Balaban J connectivity index is 2.08. The number of esters is 1. The van der Waals surface area contributed by atoms with Crippen LogP contribution in [0, 0.1) is 13.8 Å². The Morgan fingerprint density at radius 1 is 1.20 bits per heavy atom. The number of nitrogens with one attached hydrogen (secondary N) is 1. The number of urea groups is 1. The van der Waals surface area contributed by atoms with Gasteiger partial charge in [-0.25, -0.2) is 9.59 Å². The average molecular weight is 429 g/mol. The van der Waals surface area contributed by atoms with Crippen molar-refractivity contribution >= 4 is 23.6 Å². The summed E-state index contributed by atoms with van der Waals surface area (Å²) < 4.78 is 11.2. The molecule has 1 aliphatic heterocycles. The molecule has 0 spiro atoms. The number of rotatable bonds is 6. The van der Waals surface area contributed by atoms with E-state index >= 15 is 0 Å². The van der Waals surface area contributed by atoms with E-state index in [4.69, 9.17) is 21.1 Å². The maximum absolute atomic E-state index is 13.0. The number of hydrogen-bond donors (Lipinski definition) is 1. The van der Waals surface area contributed by atoms with Crippen molar-refractivity contribution in [2.75, 3.05) is 20.3 Å². The number of likely N-dealkylation sites (N-methyl/N-ethyl adjacent to an activating group) is 1. The van der Waals surface area contributed by atoms with Gasteiger partial charge in [-0.15, -0.1) is 0 Å². The fourth-order valence-corrected chi connectivity index (χ4v) is 3.57. The Morgan fingerprint density at radius 3 is 2.67 bits per heavy atom. The Bertz CT molecular complexity index is 1000. The van der Waals surface area contributed by atoms with Crippen LogP contribution >= 0.6 is 11.6 Å². The molecule has 3 rings (SSSR count). The van der Waals surface area contributed by atoms with Gasteiger partial charge in [-0.2, -0.15) is 0 Å². The largest absolute Gasteiger partial charge is 0.487 e. The van der Waals surface area contributed by atoms with E-state index in [1.165, 1.54) is 4.90 Å². The molecule has 2 aromatic rings. The summed E-state index contributed by atoms with van der Waals surface area (Å²) in [6, 6.07) is 11.9. The Hall–Kier alpha value is -2.99. The van der Waals surface area contributed by atoms with Gasteiger partial charge in [0.15, 0.2) is 0 Å². The highest BCUT2D eigenvalue weighted by Crippen LogP contribution is 2.33. The molecule has 1 aliphatic rings. The number of benzene rings is 2. The van der Waals surface area contributed by atoms with Gasteiger partial charge in [0.1, 0.15) is 12.4 Å². The summed E-state index contributed by atoms with van der Waals surface area (Å²) in [4.78, 5) is 27.1. The van der Waals surface area contributed by atoms with Crippen LogP contribution in [0.1, 0.15) is 29.7 Å². The van der Waals surface area contributed by atoms with Gasteiger partial charge in [0.2, 0.25) is 0 Å². The zero-order valence-corrected chi connectivity index (χ0v) is 18.2. The number of nitrogens with zero attached hydrogens (tertiary/aromatic N) is 1. The monoisotopic (exact) mass is 428 g/mol. The van der Waals surface area contributed by atoms with Gasteiger partial charge >= 0.3 is 12.0 Å². The predicted octanol–water partition coefficient (Wildman–Crippen LogP) is 4.55. The first-order chi connectivity index (χ1) is 14.3. The molecule has 0 aromatic heterocycles. The third-order valence-corrected chi connectivity index (χ3v) is 5.22. The molecule has 0 radical (unpaired) electrons. The van der Waals surface area contributed by atoms with E-state index in [2.05, 4.69) is 5.32 Å². The lowest BCUT2D eigenvalue weighted by Gasteiger charge is -2.35. The van der Waals surface area contributed by atoms with Gasteiger partial charge in [0, 0.05) is 12.1 Å². The van der Waals surface area contributed by atoms with E-state index in [0.29, 0.717) is 22.0 Å². The average Bonchev–Trinajstić information content (AvgIpc) is 2.70. The fraction of sp³-hybridized carbons (Fsp3) is 0.304. The van der Waals surface area contributed by atoms with E-state index in [-0.39, 0.29) is 19.2 Å². The standard InChI is InChI=1S/C23H25ClN2O4/c1-5-29-22(27)20-19(13-30-17-8-6-7-16(24)12-17)26(4)23(28)25-21(20)18-11-14(2)9-10-15(18)3/h6-12,21H,5,13H2,1-4H3,(H,25,28)/t21-/m0/s1. The summed E-state index contributed by atoms with van der Waals surface area (Å²) in [5.74, 6) is 0.0563. The lowest BCUT2D eigenvalue weighted by Crippen LogP contribution is -2.48. The second-order valence-electron chi connectivity index (χ2n) is 7.13. The third-order valence-electron chi connectivity index (χ3n) is 4.99. The van der Waals surface area contributed by atoms with Crippen LogP contribution in [-0.4, -0.2) is 37.2 Å². The molecule has 1 N–H and O–H groups in total. The number of carbonyl (C=O) groups is 2. The first-order valence-corrected chi connectivity index (χ1v) is 10.1. The van der Waals surface area contributed by atoms with Crippen LogP contribution in [0.2, 0.25) is 5.02 Å². The molecule has 0 saturated carbocycles. The number of carbonyl (C=O) groups excluding carboxylic acids is 2.